The van der Waals surface area contributed by atoms with Crippen LogP contribution in [0.15, 0.2) is 35.5 Å². The normalized spacial score (nSPS) is 15.7. The van der Waals surface area contributed by atoms with Gasteiger partial charge in [0.1, 0.15) is 0 Å². The second-order valence-corrected chi connectivity index (χ2v) is 5.99. The molecule has 4 rings (SSSR count). The Labute approximate surface area is 128 Å². The van der Waals surface area contributed by atoms with Crippen molar-refractivity contribution in [3.05, 3.63) is 52.3 Å². The molecule has 0 bridgehead atoms. The van der Waals surface area contributed by atoms with Crippen LogP contribution in [0.25, 0.3) is 16.8 Å². The molecule has 0 saturated heterocycles. The van der Waals surface area contributed by atoms with Crippen molar-refractivity contribution in [3.63, 3.8) is 0 Å². The number of fused-ring (bicyclic) bond motifs is 1. The molecule has 5 nitrogen and oxygen atoms in total. The van der Waals surface area contributed by atoms with E-state index in [1.54, 1.807) is 16.9 Å². The molecule has 0 spiro atoms. The monoisotopic (exact) mass is 294 g/mol. The summed E-state index contributed by atoms with van der Waals surface area (Å²) in [4.78, 5) is 21.7. The number of hydrogen-bond donors (Lipinski definition) is 1. The van der Waals surface area contributed by atoms with Gasteiger partial charge in [-0.25, -0.2) is 9.50 Å². The van der Waals surface area contributed by atoms with E-state index >= 15 is 0 Å². The summed E-state index contributed by atoms with van der Waals surface area (Å²) in [6, 6.07) is 3.86. The fraction of sp³-hybridized carbons (Fsp3) is 0.353. The van der Waals surface area contributed by atoms with E-state index in [-0.39, 0.29) is 5.56 Å². The molecule has 0 atom stereocenters. The molecule has 1 saturated carbocycles. The van der Waals surface area contributed by atoms with Gasteiger partial charge in [0, 0.05) is 41.0 Å². The first-order valence-corrected chi connectivity index (χ1v) is 7.77. The summed E-state index contributed by atoms with van der Waals surface area (Å²) in [5.74, 6) is 0.363. The maximum absolute atomic E-state index is 12.9. The third kappa shape index (κ3) is 1.96. The van der Waals surface area contributed by atoms with E-state index in [1.807, 2.05) is 25.3 Å². The summed E-state index contributed by atoms with van der Waals surface area (Å²) in [5.41, 5.74) is 4.34. The van der Waals surface area contributed by atoms with Gasteiger partial charge >= 0.3 is 0 Å². The zero-order valence-corrected chi connectivity index (χ0v) is 12.5. The van der Waals surface area contributed by atoms with Crippen molar-refractivity contribution in [2.24, 2.45) is 0 Å². The zero-order chi connectivity index (χ0) is 15.1. The van der Waals surface area contributed by atoms with Crippen LogP contribution >= 0.6 is 0 Å². The lowest BCUT2D eigenvalue weighted by Gasteiger charge is -2.11. The van der Waals surface area contributed by atoms with Crippen molar-refractivity contribution >= 4 is 5.65 Å². The van der Waals surface area contributed by atoms with E-state index < -0.39 is 0 Å². The summed E-state index contributed by atoms with van der Waals surface area (Å²) >= 11 is 0. The average Bonchev–Trinajstić information content (AvgIpc) is 3.18. The number of rotatable bonds is 2. The minimum atomic E-state index is 0.0459. The Balaban J connectivity index is 1.93. The standard InChI is InChI=1S/C17H18N4O/c1-11-15(12-5-2-3-6-12)17(22)21-16(20-11)14(10-19-21)13-7-4-8-18-9-13/h4,7-10,12,19H,2-3,5-6H2,1H3. The first-order chi connectivity index (χ1) is 10.8. The second-order valence-electron chi connectivity index (χ2n) is 5.99. The molecule has 5 heteroatoms. The highest BCUT2D eigenvalue weighted by atomic mass is 16.1. The van der Waals surface area contributed by atoms with Crippen LogP contribution in [0.1, 0.15) is 42.9 Å². The predicted octanol–water partition coefficient (Wildman–Crippen LogP) is 3.05. The number of aromatic nitrogens is 4. The SMILES string of the molecule is Cc1nc2c(-c3cccnc3)c[nH]n2c(=O)c1C1CCCC1. The van der Waals surface area contributed by atoms with Crippen molar-refractivity contribution in [2.45, 2.75) is 38.5 Å². The average molecular weight is 294 g/mol. The summed E-state index contributed by atoms with van der Waals surface area (Å²) < 4.78 is 1.57. The van der Waals surface area contributed by atoms with Gasteiger partial charge < -0.3 is 0 Å². The smallest absolute Gasteiger partial charge is 0.276 e. The van der Waals surface area contributed by atoms with E-state index in [0.717, 1.165) is 35.2 Å². The molecule has 3 aromatic heterocycles. The van der Waals surface area contributed by atoms with Crippen LogP contribution in [0.4, 0.5) is 0 Å². The Kier molecular flexibility index (Phi) is 3.06. The van der Waals surface area contributed by atoms with Crippen molar-refractivity contribution in [3.8, 4) is 11.1 Å². The predicted molar refractivity (Wildman–Crippen MR) is 85.0 cm³/mol. The first-order valence-electron chi connectivity index (χ1n) is 7.77. The molecule has 3 heterocycles. The summed E-state index contributed by atoms with van der Waals surface area (Å²) in [7, 11) is 0. The maximum Gasteiger partial charge on any atom is 0.276 e. The molecule has 3 aromatic rings. The Bertz CT molecular complexity index is 873. The van der Waals surface area contributed by atoms with Gasteiger partial charge in [-0.2, -0.15) is 0 Å². The third-order valence-corrected chi connectivity index (χ3v) is 4.62. The minimum absolute atomic E-state index is 0.0459. The minimum Gasteiger partial charge on any atom is -0.296 e. The van der Waals surface area contributed by atoms with Gasteiger partial charge in [-0.1, -0.05) is 18.9 Å². The molecule has 0 amide bonds. The van der Waals surface area contributed by atoms with Crippen LogP contribution in [0, 0.1) is 6.92 Å². The van der Waals surface area contributed by atoms with Crippen LogP contribution < -0.4 is 5.56 Å². The number of nitrogens with one attached hydrogen (secondary N) is 1. The Hall–Kier alpha value is -2.43. The van der Waals surface area contributed by atoms with Gasteiger partial charge in [-0.15, -0.1) is 0 Å². The van der Waals surface area contributed by atoms with E-state index in [0.29, 0.717) is 11.6 Å². The lowest BCUT2D eigenvalue weighted by Crippen LogP contribution is -2.23. The lowest BCUT2D eigenvalue weighted by molar-refractivity contribution is 0.687. The van der Waals surface area contributed by atoms with Gasteiger partial charge in [0.15, 0.2) is 5.65 Å². The summed E-state index contributed by atoms with van der Waals surface area (Å²) in [5, 5.41) is 3.06. The maximum atomic E-state index is 12.9. The molecule has 0 aliphatic heterocycles. The summed E-state index contributed by atoms with van der Waals surface area (Å²) in [6.07, 6.45) is 9.96. The molecule has 22 heavy (non-hydrogen) atoms. The summed E-state index contributed by atoms with van der Waals surface area (Å²) in [6.45, 7) is 1.95. The van der Waals surface area contributed by atoms with E-state index in [1.165, 1.54) is 12.8 Å². The highest BCUT2D eigenvalue weighted by molar-refractivity contribution is 5.76. The first kappa shape index (κ1) is 13.2. The van der Waals surface area contributed by atoms with Crippen LogP contribution in [0.3, 0.4) is 0 Å². The number of hydrogen-bond acceptors (Lipinski definition) is 3. The highest BCUT2D eigenvalue weighted by Crippen LogP contribution is 2.34. The van der Waals surface area contributed by atoms with E-state index in [4.69, 9.17) is 4.98 Å². The van der Waals surface area contributed by atoms with Gasteiger partial charge in [0.25, 0.3) is 5.56 Å². The third-order valence-electron chi connectivity index (χ3n) is 4.62. The van der Waals surface area contributed by atoms with Gasteiger partial charge in [-0.05, 0) is 31.7 Å². The van der Waals surface area contributed by atoms with Crippen LogP contribution in [-0.4, -0.2) is 19.6 Å². The number of H-pyrrole nitrogens is 1. The molecular weight excluding hydrogens is 276 g/mol. The zero-order valence-electron chi connectivity index (χ0n) is 12.5. The highest BCUT2D eigenvalue weighted by Gasteiger charge is 2.24. The molecule has 0 radical (unpaired) electrons. The Morgan fingerprint density at radius 1 is 1.32 bits per heavy atom. The topological polar surface area (TPSA) is 63.1 Å². The van der Waals surface area contributed by atoms with Crippen LogP contribution in [0.2, 0.25) is 0 Å². The largest absolute Gasteiger partial charge is 0.296 e. The van der Waals surface area contributed by atoms with Crippen LogP contribution in [0.5, 0.6) is 0 Å². The molecule has 1 aliphatic rings. The molecule has 0 unspecified atom stereocenters. The molecule has 0 aromatic carbocycles. The van der Waals surface area contributed by atoms with Crippen molar-refractivity contribution in [2.75, 3.05) is 0 Å². The Morgan fingerprint density at radius 3 is 2.86 bits per heavy atom. The molecule has 1 fully saturated rings. The van der Waals surface area contributed by atoms with Gasteiger partial charge in [-0.3, -0.25) is 14.9 Å². The number of pyridine rings is 1. The number of aromatic amines is 1. The quantitative estimate of drug-likeness (QED) is 0.790. The Morgan fingerprint density at radius 2 is 2.14 bits per heavy atom. The lowest BCUT2D eigenvalue weighted by atomic mass is 9.97. The fourth-order valence-electron chi connectivity index (χ4n) is 3.55. The molecular formula is C17H18N4O. The second kappa shape index (κ2) is 5.09. The molecule has 1 N–H and O–H groups in total. The molecule has 1 aliphatic carbocycles. The number of nitrogens with zero attached hydrogens (tertiary/aromatic N) is 3. The molecule has 112 valence electrons. The van der Waals surface area contributed by atoms with Crippen molar-refractivity contribution < 1.29 is 0 Å². The van der Waals surface area contributed by atoms with Crippen molar-refractivity contribution in [1.29, 1.82) is 0 Å². The van der Waals surface area contributed by atoms with Gasteiger partial charge in [0.05, 0.1) is 0 Å². The van der Waals surface area contributed by atoms with E-state index in [2.05, 4.69) is 10.1 Å². The van der Waals surface area contributed by atoms with Gasteiger partial charge in [0.2, 0.25) is 0 Å². The van der Waals surface area contributed by atoms with E-state index in [9.17, 15) is 4.79 Å². The fourth-order valence-corrected chi connectivity index (χ4v) is 3.55. The van der Waals surface area contributed by atoms with Crippen LogP contribution in [-0.2, 0) is 0 Å². The number of aryl methyl sites for hydroxylation is 1. The van der Waals surface area contributed by atoms with Crippen molar-refractivity contribution in [1.82, 2.24) is 19.6 Å².